The average molecular weight is 380 g/mol. The Bertz CT molecular complexity index is 941. The van der Waals surface area contributed by atoms with E-state index in [0.29, 0.717) is 13.2 Å². The van der Waals surface area contributed by atoms with E-state index >= 15 is 0 Å². The number of aryl methyl sites for hydroxylation is 3. The maximum absolute atomic E-state index is 11.6. The number of carbonyl (C=O) groups is 1. The number of nitrogens with zero attached hydrogens (tertiary/aromatic N) is 3. The first kappa shape index (κ1) is 19.9. The molecule has 0 aliphatic carbocycles. The summed E-state index contributed by atoms with van der Waals surface area (Å²) in [5, 5.41) is 0. The zero-order chi connectivity index (χ0) is 20.1. The second-order valence-electron chi connectivity index (χ2n) is 7.32. The predicted octanol–water partition coefficient (Wildman–Crippen LogP) is 4.49. The summed E-state index contributed by atoms with van der Waals surface area (Å²) in [5.41, 5.74) is 4.44. The maximum Gasteiger partial charge on any atom is 0.219 e. The van der Waals surface area contributed by atoms with Crippen molar-refractivity contribution in [2.75, 3.05) is 13.7 Å². The monoisotopic (exact) mass is 379 g/mol. The predicted molar refractivity (Wildman–Crippen MR) is 113 cm³/mol. The van der Waals surface area contributed by atoms with Crippen molar-refractivity contribution in [1.82, 2.24) is 14.5 Å². The number of unbranched alkanes of at least 4 members (excludes halogenated alkanes) is 1. The molecule has 0 atom stereocenters. The van der Waals surface area contributed by atoms with E-state index < -0.39 is 0 Å². The molecule has 0 aliphatic heterocycles. The van der Waals surface area contributed by atoms with Crippen LogP contribution in [0.4, 0.5) is 0 Å². The van der Waals surface area contributed by atoms with Gasteiger partial charge in [0.05, 0.1) is 24.2 Å². The van der Waals surface area contributed by atoms with Gasteiger partial charge in [-0.2, -0.15) is 0 Å². The zero-order valence-electron chi connectivity index (χ0n) is 17.2. The van der Waals surface area contributed by atoms with Gasteiger partial charge in [-0.25, -0.2) is 4.98 Å². The fourth-order valence-electron chi connectivity index (χ4n) is 3.39. The Labute approximate surface area is 166 Å². The van der Waals surface area contributed by atoms with Crippen molar-refractivity contribution in [3.8, 4) is 5.75 Å². The van der Waals surface area contributed by atoms with Gasteiger partial charge in [-0.3, -0.25) is 4.79 Å². The summed E-state index contributed by atoms with van der Waals surface area (Å²) in [6.07, 6.45) is 1.95. The fraction of sp³-hybridized carbons (Fsp3) is 0.391. The van der Waals surface area contributed by atoms with Crippen LogP contribution in [0.15, 0.2) is 42.5 Å². The van der Waals surface area contributed by atoms with Gasteiger partial charge in [0.1, 0.15) is 11.6 Å². The molecule has 5 heteroatoms. The molecule has 3 rings (SSSR count). The maximum atomic E-state index is 11.6. The van der Waals surface area contributed by atoms with E-state index in [0.717, 1.165) is 42.0 Å². The number of ether oxygens (including phenoxy) is 1. The SMILES string of the molecule is CC(=O)N(C)Cc1nc2ccccc2n1CCCCOc1c(C)cccc1C. The molecule has 0 saturated carbocycles. The highest BCUT2D eigenvalue weighted by Crippen LogP contribution is 2.23. The van der Waals surface area contributed by atoms with Gasteiger partial charge in [0.15, 0.2) is 0 Å². The third kappa shape index (κ3) is 4.53. The molecule has 0 bridgehead atoms. The molecule has 0 aliphatic rings. The first-order valence-corrected chi connectivity index (χ1v) is 9.82. The third-order valence-electron chi connectivity index (χ3n) is 5.08. The van der Waals surface area contributed by atoms with Crippen molar-refractivity contribution in [2.45, 2.75) is 46.7 Å². The van der Waals surface area contributed by atoms with E-state index in [1.807, 2.05) is 25.2 Å². The largest absolute Gasteiger partial charge is 0.493 e. The van der Waals surface area contributed by atoms with Crippen LogP contribution < -0.4 is 4.74 Å². The van der Waals surface area contributed by atoms with Gasteiger partial charge >= 0.3 is 0 Å². The molecule has 1 amide bonds. The summed E-state index contributed by atoms with van der Waals surface area (Å²) in [7, 11) is 1.81. The Morgan fingerprint density at radius 3 is 2.50 bits per heavy atom. The molecular formula is C23H29N3O2. The third-order valence-corrected chi connectivity index (χ3v) is 5.08. The van der Waals surface area contributed by atoms with Crippen LogP contribution in [0.1, 0.15) is 36.7 Å². The quantitative estimate of drug-likeness (QED) is 0.542. The van der Waals surface area contributed by atoms with Crippen molar-refractivity contribution >= 4 is 16.9 Å². The standard InChI is InChI=1S/C23H29N3O2/c1-17-10-9-11-18(2)23(17)28-15-8-7-14-26-21-13-6-5-12-20(21)24-22(26)16-25(4)19(3)27/h5-6,9-13H,7-8,14-16H2,1-4H3. The van der Waals surface area contributed by atoms with Gasteiger partial charge < -0.3 is 14.2 Å². The fourth-order valence-corrected chi connectivity index (χ4v) is 3.39. The summed E-state index contributed by atoms with van der Waals surface area (Å²) in [5.74, 6) is 1.97. The summed E-state index contributed by atoms with van der Waals surface area (Å²) < 4.78 is 8.25. The molecular weight excluding hydrogens is 350 g/mol. The van der Waals surface area contributed by atoms with Crippen LogP contribution in [-0.4, -0.2) is 34.0 Å². The number of aromatic nitrogens is 2. The first-order chi connectivity index (χ1) is 13.5. The number of fused-ring (bicyclic) bond motifs is 1. The van der Waals surface area contributed by atoms with Gasteiger partial charge in [-0.05, 0) is 49.9 Å². The molecule has 0 radical (unpaired) electrons. The first-order valence-electron chi connectivity index (χ1n) is 9.82. The van der Waals surface area contributed by atoms with Crippen LogP contribution in [0.2, 0.25) is 0 Å². The van der Waals surface area contributed by atoms with Crippen molar-refractivity contribution < 1.29 is 9.53 Å². The minimum atomic E-state index is 0.0422. The van der Waals surface area contributed by atoms with Gasteiger partial charge in [-0.1, -0.05) is 30.3 Å². The van der Waals surface area contributed by atoms with Crippen LogP contribution in [0.3, 0.4) is 0 Å². The highest BCUT2D eigenvalue weighted by molar-refractivity contribution is 5.76. The molecule has 3 aromatic rings. The van der Waals surface area contributed by atoms with Crippen molar-refractivity contribution in [3.63, 3.8) is 0 Å². The smallest absolute Gasteiger partial charge is 0.219 e. The lowest BCUT2D eigenvalue weighted by atomic mass is 10.1. The van der Waals surface area contributed by atoms with Crippen LogP contribution in [0.25, 0.3) is 11.0 Å². The van der Waals surface area contributed by atoms with E-state index in [9.17, 15) is 4.79 Å². The van der Waals surface area contributed by atoms with E-state index in [4.69, 9.17) is 9.72 Å². The molecule has 0 saturated heterocycles. The molecule has 0 fully saturated rings. The van der Waals surface area contributed by atoms with Crippen LogP contribution >= 0.6 is 0 Å². The van der Waals surface area contributed by atoms with E-state index in [1.54, 1.807) is 11.8 Å². The lowest BCUT2D eigenvalue weighted by Crippen LogP contribution is -2.25. The van der Waals surface area contributed by atoms with Crippen molar-refractivity contribution in [1.29, 1.82) is 0 Å². The molecule has 28 heavy (non-hydrogen) atoms. The van der Waals surface area contributed by atoms with Crippen molar-refractivity contribution in [2.24, 2.45) is 0 Å². The second kappa shape index (κ2) is 8.91. The van der Waals surface area contributed by atoms with Crippen LogP contribution in [0, 0.1) is 13.8 Å². The molecule has 2 aromatic carbocycles. The highest BCUT2D eigenvalue weighted by atomic mass is 16.5. The number of benzene rings is 2. The van der Waals surface area contributed by atoms with Crippen molar-refractivity contribution in [3.05, 3.63) is 59.4 Å². The summed E-state index contributed by atoms with van der Waals surface area (Å²) >= 11 is 0. The molecule has 0 N–H and O–H groups in total. The summed E-state index contributed by atoms with van der Waals surface area (Å²) in [4.78, 5) is 18.1. The molecule has 0 spiro atoms. The van der Waals surface area contributed by atoms with Crippen LogP contribution in [0.5, 0.6) is 5.75 Å². The summed E-state index contributed by atoms with van der Waals surface area (Å²) in [6.45, 7) is 7.81. The number of hydrogen-bond donors (Lipinski definition) is 0. The Balaban J connectivity index is 1.64. The van der Waals surface area contributed by atoms with E-state index in [2.05, 4.69) is 42.7 Å². The summed E-state index contributed by atoms with van der Waals surface area (Å²) in [6, 6.07) is 14.4. The van der Waals surface area contributed by atoms with E-state index in [1.165, 1.54) is 11.1 Å². The molecule has 148 valence electrons. The Kier molecular flexibility index (Phi) is 6.34. The van der Waals surface area contributed by atoms with Crippen LogP contribution in [-0.2, 0) is 17.9 Å². The lowest BCUT2D eigenvalue weighted by Gasteiger charge is -2.16. The topological polar surface area (TPSA) is 47.4 Å². The number of para-hydroxylation sites is 3. The molecule has 0 unspecified atom stereocenters. The second-order valence-corrected chi connectivity index (χ2v) is 7.32. The Morgan fingerprint density at radius 2 is 1.79 bits per heavy atom. The van der Waals surface area contributed by atoms with Gasteiger partial charge in [0.25, 0.3) is 0 Å². The highest BCUT2D eigenvalue weighted by Gasteiger charge is 2.13. The average Bonchev–Trinajstić information content (AvgIpc) is 3.00. The lowest BCUT2D eigenvalue weighted by molar-refractivity contribution is -0.128. The number of carbonyl (C=O) groups excluding carboxylic acids is 1. The number of amides is 1. The molecule has 1 heterocycles. The Morgan fingerprint density at radius 1 is 1.07 bits per heavy atom. The van der Waals surface area contributed by atoms with Gasteiger partial charge in [0, 0.05) is 20.5 Å². The normalized spacial score (nSPS) is 11.0. The van der Waals surface area contributed by atoms with Gasteiger partial charge in [0.2, 0.25) is 5.91 Å². The minimum Gasteiger partial charge on any atom is -0.493 e. The zero-order valence-corrected chi connectivity index (χ0v) is 17.2. The molecule has 5 nitrogen and oxygen atoms in total. The number of hydrogen-bond acceptors (Lipinski definition) is 3. The Hall–Kier alpha value is -2.82. The van der Waals surface area contributed by atoms with E-state index in [-0.39, 0.29) is 5.91 Å². The number of imidazole rings is 1. The van der Waals surface area contributed by atoms with Gasteiger partial charge in [-0.15, -0.1) is 0 Å². The minimum absolute atomic E-state index is 0.0422. The number of rotatable bonds is 8. The molecule has 1 aromatic heterocycles.